The summed E-state index contributed by atoms with van der Waals surface area (Å²) in [5, 5.41) is 18.6. The molecule has 0 aliphatic rings. The number of hydrogen-bond donors (Lipinski definition) is 2. The second-order valence-electron chi connectivity index (χ2n) is 5.07. The first-order valence-electron chi connectivity index (χ1n) is 4.51. The van der Waals surface area contributed by atoms with E-state index in [0.717, 1.165) is 0 Å². The fourth-order valence-electron chi connectivity index (χ4n) is 0.567. The van der Waals surface area contributed by atoms with Crippen molar-refractivity contribution in [1.82, 2.24) is 0 Å². The number of hydrogen-bond acceptors (Lipinski definition) is 2. The zero-order valence-corrected chi connectivity index (χ0v) is 10.2. The van der Waals surface area contributed by atoms with Gasteiger partial charge in [0.25, 0.3) is 0 Å². The molecule has 0 aromatic carbocycles. The van der Waals surface area contributed by atoms with Crippen LogP contribution in [0.1, 0.15) is 13.8 Å². The normalized spacial score (nSPS) is 14.7. The number of aliphatic hydroxyl groups excluding tert-OH is 2. The zero-order valence-electron chi connectivity index (χ0n) is 9.18. The van der Waals surface area contributed by atoms with Crippen LogP contribution >= 0.6 is 0 Å². The molecule has 0 rings (SSSR count). The molecule has 0 saturated carbocycles. The third-order valence-corrected chi connectivity index (χ3v) is 2.63. The SMILES string of the molecule is CC(C)(CO)C(O)C#C[Si](C)(C)C. The van der Waals surface area contributed by atoms with Crippen molar-refractivity contribution in [2.24, 2.45) is 5.41 Å². The Balaban J connectivity index is 4.44. The summed E-state index contributed by atoms with van der Waals surface area (Å²) < 4.78 is 0. The highest BCUT2D eigenvalue weighted by Gasteiger charge is 2.25. The summed E-state index contributed by atoms with van der Waals surface area (Å²) in [5.41, 5.74) is 2.57. The van der Waals surface area contributed by atoms with E-state index < -0.39 is 19.6 Å². The molecule has 0 heterocycles. The van der Waals surface area contributed by atoms with Crippen LogP contribution in [0.25, 0.3) is 0 Å². The van der Waals surface area contributed by atoms with Crippen molar-refractivity contribution >= 4 is 8.07 Å². The van der Waals surface area contributed by atoms with Crippen molar-refractivity contribution < 1.29 is 10.2 Å². The van der Waals surface area contributed by atoms with E-state index in [1.165, 1.54) is 0 Å². The van der Waals surface area contributed by atoms with Gasteiger partial charge in [-0.1, -0.05) is 39.4 Å². The number of rotatable bonds is 2. The molecule has 0 aromatic rings. The summed E-state index contributed by atoms with van der Waals surface area (Å²) in [7, 11) is -1.41. The number of aliphatic hydroxyl groups is 2. The van der Waals surface area contributed by atoms with Gasteiger partial charge < -0.3 is 10.2 Å². The Kier molecular flexibility index (Phi) is 4.17. The molecule has 0 amide bonds. The van der Waals surface area contributed by atoms with Gasteiger partial charge in [0.05, 0.1) is 6.61 Å². The van der Waals surface area contributed by atoms with Gasteiger partial charge in [-0.05, 0) is 0 Å². The zero-order chi connectivity index (χ0) is 10.7. The highest BCUT2D eigenvalue weighted by atomic mass is 28.3. The molecular weight excluding hydrogens is 180 g/mol. The molecule has 76 valence electrons. The van der Waals surface area contributed by atoms with Gasteiger partial charge in [0, 0.05) is 5.41 Å². The van der Waals surface area contributed by atoms with Crippen molar-refractivity contribution in [3.63, 3.8) is 0 Å². The first-order chi connectivity index (χ1) is 5.69. The van der Waals surface area contributed by atoms with Crippen LogP contribution in [0.15, 0.2) is 0 Å². The van der Waals surface area contributed by atoms with Crippen LogP contribution in [0.2, 0.25) is 19.6 Å². The molecule has 2 nitrogen and oxygen atoms in total. The Labute approximate surface area is 82.0 Å². The van der Waals surface area contributed by atoms with Gasteiger partial charge in [-0.2, -0.15) is 0 Å². The molecule has 2 N–H and O–H groups in total. The molecule has 1 atom stereocenters. The molecule has 0 fully saturated rings. The van der Waals surface area contributed by atoms with E-state index in [2.05, 4.69) is 31.1 Å². The van der Waals surface area contributed by atoms with E-state index in [1.54, 1.807) is 13.8 Å². The second kappa shape index (κ2) is 4.27. The lowest BCUT2D eigenvalue weighted by Gasteiger charge is -2.24. The Hall–Kier alpha value is -0.303. The van der Waals surface area contributed by atoms with Gasteiger partial charge in [0.15, 0.2) is 0 Å². The van der Waals surface area contributed by atoms with E-state index in [9.17, 15) is 5.11 Å². The minimum atomic E-state index is -1.41. The lowest BCUT2D eigenvalue weighted by atomic mass is 9.88. The molecule has 0 saturated heterocycles. The Bertz CT molecular complexity index is 217. The first-order valence-corrected chi connectivity index (χ1v) is 8.01. The third-order valence-electron chi connectivity index (χ3n) is 1.73. The topological polar surface area (TPSA) is 40.5 Å². The minimum absolute atomic E-state index is 0.0471. The maximum atomic E-state index is 9.63. The maximum Gasteiger partial charge on any atom is 0.129 e. The Morgan fingerprint density at radius 1 is 1.31 bits per heavy atom. The van der Waals surface area contributed by atoms with E-state index in [4.69, 9.17) is 5.11 Å². The van der Waals surface area contributed by atoms with E-state index in [1.807, 2.05) is 0 Å². The van der Waals surface area contributed by atoms with Crippen molar-refractivity contribution in [3.8, 4) is 11.5 Å². The Morgan fingerprint density at radius 2 is 1.77 bits per heavy atom. The fourth-order valence-corrected chi connectivity index (χ4v) is 1.14. The summed E-state index contributed by atoms with van der Waals surface area (Å²) in [6.07, 6.45) is -0.732. The summed E-state index contributed by atoms with van der Waals surface area (Å²) >= 11 is 0. The highest BCUT2D eigenvalue weighted by Crippen LogP contribution is 2.18. The molecule has 13 heavy (non-hydrogen) atoms. The van der Waals surface area contributed by atoms with E-state index in [0.29, 0.717) is 0 Å². The van der Waals surface area contributed by atoms with Gasteiger partial charge in [-0.3, -0.25) is 0 Å². The van der Waals surface area contributed by atoms with Crippen LogP contribution in [0.3, 0.4) is 0 Å². The van der Waals surface area contributed by atoms with Crippen LogP contribution in [-0.4, -0.2) is 31.0 Å². The largest absolute Gasteiger partial charge is 0.396 e. The average molecular weight is 200 g/mol. The molecule has 0 bridgehead atoms. The summed E-state index contributed by atoms with van der Waals surface area (Å²) in [4.78, 5) is 0. The average Bonchev–Trinajstić information content (AvgIpc) is 1.98. The smallest absolute Gasteiger partial charge is 0.129 e. The summed E-state index contributed by atoms with van der Waals surface area (Å²) in [6.45, 7) is 9.93. The van der Waals surface area contributed by atoms with Crippen LogP contribution < -0.4 is 0 Å². The predicted octanol–water partition coefficient (Wildman–Crippen LogP) is 1.25. The van der Waals surface area contributed by atoms with Crippen LogP contribution in [0, 0.1) is 16.9 Å². The van der Waals surface area contributed by atoms with Gasteiger partial charge >= 0.3 is 0 Å². The van der Waals surface area contributed by atoms with Crippen molar-refractivity contribution in [1.29, 1.82) is 0 Å². The molecule has 0 spiro atoms. The van der Waals surface area contributed by atoms with Gasteiger partial charge in [-0.15, -0.1) is 5.54 Å². The maximum absolute atomic E-state index is 9.63. The Morgan fingerprint density at radius 3 is 2.08 bits per heavy atom. The monoisotopic (exact) mass is 200 g/mol. The van der Waals surface area contributed by atoms with E-state index in [-0.39, 0.29) is 6.61 Å². The summed E-state index contributed by atoms with van der Waals surface area (Å²) in [6, 6.07) is 0. The van der Waals surface area contributed by atoms with Crippen LogP contribution in [0.5, 0.6) is 0 Å². The molecule has 0 radical (unpaired) electrons. The molecule has 0 aliphatic carbocycles. The molecule has 0 aliphatic heterocycles. The van der Waals surface area contributed by atoms with Gasteiger partial charge in [0.2, 0.25) is 0 Å². The third kappa shape index (κ3) is 5.09. The fraction of sp³-hybridized carbons (Fsp3) is 0.800. The van der Waals surface area contributed by atoms with Gasteiger partial charge in [-0.25, -0.2) is 0 Å². The standard InChI is InChI=1S/C10H20O2Si/c1-10(2,8-11)9(12)6-7-13(3,4)5/h9,11-12H,8H2,1-5H3. The van der Waals surface area contributed by atoms with Crippen molar-refractivity contribution in [2.75, 3.05) is 6.61 Å². The minimum Gasteiger partial charge on any atom is -0.396 e. The summed E-state index contributed by atoms with van der Waals surface area (Å²) in [5.74, 6) is 2.82. The lowest BCUT2D eigenvalue weighted by molar-refractivity contribution is 0.0441. The second-order valence-corrected chi connectivity index (χ2v) is 9.82. The first kappa shape index (κ1) is 12.7. The molecule has 0 aromatic heterocycles. The van der Waals surface area contributed by atoms with E-state index >= 15 is 0 Å². The van der Waals surface area contributed by atoms with Crippen LogP contribution in [-0.2, 0) is 0 Å². The van der Waals surface area contributed by atoms with Crippen molar-refractivity contribution in [3.05, 3.63) is 0 Å². The highest BCUT2D eigenvalue weighted by molar-refractivity contribution is 6.83. The predicted molar refractivity (Wildman–Crippen MR) is 58.0 cm³/mol. The van der Waals surface area contributed by atoms with Gasteiger partial charge in [0.1, 0.15) is 14.2 Å². The lowest BCUT2D eigenvalue weighted by Crippen LogP contribution is -2.32. The molecule has 1 unspecified atom stereocenters. The molecular formula is C10H20O2Si. The van der Waals surface area contributed by atoms with Crippen LogP contribution in [0.4, 0.5) is 0 Å². The van der Waals surface area contributed by atoms with Crippen molar-refractivity contribution in [2.45, 2.75) is 39.6 Å². The molecule has 3 heteroatoms. The quantitative estimate of drug-likeness (QED) is 0.520.